The third-order valence-corrected chi connectivity index (χ3v) is 17.4. The van der Waals surface area contributed by atoms with E-state index < -0.39 is 5.41 Å². The first-order chi connectivity index (χ1) is 37.7. The van der Waals surface area contributed by atoms with Crippen molar-refractivity contribution >= 4 is 75.4 Å². The Kier molecular flexibility index (Phi) is 8.58. The van der Waals surface area contributed by atoms with Gasteiger partial charge in [0.15, 0.2) is 17.5 Å². The molecule has 0 fully saturated rings. The monoisotopic (exact) mass is 985 g/mol. The van der Waals surface area contributed by atoms with E-state index in [1.807, 2.05) is 42.5 Å². The maximum atomic E-state index is 6.66. The lowest BCUT2D eigenvalue weighted by atomic mass is 9.70. The summed E-state index contributed by atoms with van der Waals surface area (Å²) in [6, 6.07) is 85.1. The summed E-state index contributed by atoms with van der Waals surface area (Å²) in [5, 5.41) is 6.33. The van der Waals surface area contributed by atoms with E-state index in [0.717, 1.165) is 71.7 Å². The number of rotatable bonds is 5. The minimum absolute atomic E-state index is 0.391. The number of aromatic nitrogens is 3. The van der Waals surface area contributed by atoms with Crippen LogP contribution in [0.25, 0.3) is 143 Å². The molecule has 0 saturated carbocycles. The van der Waals surface area contributed by atoms with Crippen molar-refractivity contribution in [3.8, 4) is 78.7 Å². The van der Waals surface area contributed by atoms with Crippen LogP contribution in [0.1, 0.15) is 22.3 Å². The summed E-state index contributed by atoms with van der Waals surface area (Å²) in [5.74, 6) is 1.72. The van der Waals surface area contributed by atoms with Crippen molar-refractivity contribution < 1.29 is 8.83 Å². The minimum atomic E-state index is -0.391. The molecule has 76 heavy (non-hydrogen) atoms. The lowest BCUT2D eigenvalue weighted by molar-refractivity contribution is 0.668. The van der Waals surface area contributed by atoms with Crippen LogP contribution in [0.3, 0.4) is 0 Å². The van der Waals surface area contributed by atoms with Crippen molar-refractivity contribution in [2.24, 2.45) is 0 Å². The zero-order valence-electron chi connectivity index (χ0n) is 40.6. The fraction of sp³-hybridized carbons (Fsp3) is 0.0143. The number of nitrogens with zero attached hydrogens (tertiary/aromatic N) is 3. The van der Waals surface area contributed by atoms with Crippen molar-refractivity contribution in [3.63, 3.8) is 0 Å². The zero-order valence-corrected chi connectivity index (χ0v) is 41.4. The Bertz CT molecular complexity index is 4920. The van der Waals surface area contributed by atoms with Crippen molar-refractivity contribution in [2.75, 3.05) is 0 Å². The maximum absolute atomic E-state index is 6.66. The van der Waals surface area contributed by atoms with Crippen LogP contribution in [0, 0.1) is 0 Å². The first-order valence-corrected chi connectivity index (χ1v) is 26.5. The van der Waals surface area contributed by atoms with Crippen LogP contribution in [-0.4, -0.2) is 15.0 Å². The molecule has 17 rings (SSSR count). The van der Waals surface area contributed by atoms with Gasteiger partial charge in [-0.2, -0.15) is 0 Å². The Labute approximate surface area is 439 Å². The van der Waals surface area contributed by atoms with Gasteiger partial charge in [-0.1, -0.05) is 182 Å². The summed E-state index contributed by atoms with van der Waals surface area (Å²) < 4.78 is 15.5. The van der Waals surface area contributed by atoms with Gasteiger partial charge in [0.05, 0.1) is 5.41 Å². The minimum Gasteiger partial charge on any atom is -0.456 e. The van der Waals surface area contributed by atoms with Gasteiger partial charge in [0.25, 0.3) is 0 Å². The highest BCUT2D eigenvalue weighted by atomic mass is 32.1. The summed E-state index contributed by atoms with van der Waals surface area (Å²) in [6.45, 7) is 0. The molecule has 0 amide bonds. The van der Waals surface area contributed by atoms with E-state index in [4.69, 9.17) is 23.8 Å². The molecule has 5 nitrogen and oxygen atoms in total. The van der Waals surface area contributed by atoms with Gasteiger partial charge in [0, 0.05) is 58.4 Å². The molecule has 0 radical (unpaired) electrons. The zero-order chi connectivity index (χ0) is 49.6. The third-order valence-electron chi connectivity index (χ3n) is 16.2. The molecule has 352 valence electrons. The second kappa shape index (κ2) is 15.6. The van der Waals surface area contributed by atoms with Crippen LogP contribution in [0.2, 0.25) is 0 Å². The molecule has 0 N–H and O–H groups in total. The lowest BCUT2D eigenvalue weighted by Gasteiger charge is -2.30. The van der Waals surface area contributed by atoms with Gasteiger partial charge in [-0.25, -0.2) is 15.0 Å². The fourth-order valence-corrected chi connectivity index (χ4v) is 14.1. The van der Waals surface area contributed by atoms with Gasteiger partial charge in [0.1, 0.15) is 22.3 Å². The Morgan fingerprint density at radius 1 is 0.289 bits per heavy atom. The van der Waals surface area contributed by atoms with E-state index in [1.54, 1.807) is 11.3 Å². The molecule has 2 aliphatic carbocycles. The SMILES string of the molecule is c1ccc2c(c1)-c1ccccc1C21c2ccccc2-c2c(-c3ccc(-c4ccc5oc6cccc(-c7nc(-c8ccc9sc%10ccccc%10c9c8)nc(-c8cccc9oc%10ccccc%10c89)n7)c6c5c4)cc3)cccc21. The van der Waals surface area contributed by atoms with Crippen molar-refractivity contribution in [2.45, 2.75) is 5.41 Å². The first-order valence-electron chi connectivity index (χ1n) is 25.7. The number of hydrogen-bond donors (Lipinski definition) is 0. The van der Waals surface area contributed by atoms with Crippen molar-refractivity contribution in [1.82, 2.24) is 15.0 Å². The molecule has 0 bridgehead atoms. The molecule has 11 aromatic carbocycles. The Morgan fingerprint density at radius 3 is 1.50 bits per heavy atom. The van der Waals surface area contributed by atoms with Crippen LogP contribution in [0.15, 0.2) is 245 Å². The number of para-hydroxylation sites is 1. The highest BCUT2D eigenvalue weighted by molar-refractivity contribution is 7.25. The van der Waals surface area contributed by atoms with E-state index in [1.165, 1.54) is 75.8 Å². The second-order valence-corrected chi connectivity index (χ2v) is 21.2. The van der Waals surface area contributed by atoms with Crippen LogP contribution in [0.4, 0.5) is 0 Å². The fourth-order valence-electron chi connectivity index (χ4n) is 13.0. The van der Waals surface area contributed by atoms with Gasteiger partial charge in [0.2, 0.25) is 0 Å². The van der Waals surface area contributed by atoms with Gasteiger partial charge in [-0.05, 0) is 121 Å². The molecule has 2 aliphatic rings. The topological polar surface area (TPSA) is 65.0 Å². The van der Waals surface area contributed by atoms with Gasteiger partial charge >= 0.3 is 0 Å². The average Bonchev–Trinajstić information content (AvgIpc) is 3.97. The summed E-state index contributed by atoms with van der Waals surface area (Å²) >= 11 is 1.80. The Hall–Kier alpha value is -9.75. The maximum Gasteiger partial charge on any atom is 0.164 e. The summed E-state index contributed by atoms with van der Waals surface area (Å²) in [5.41, 5.74) is 20.6. The lowest BCUT2D eigenvalue weighted by Crippen LogP contribution is -2.25. The molecule has 4 heterocycles. The molecule has 0 aliphatic heterocycles. The van der Waals surface area contributed by atoms with Crippen molar-refractivity contribution in [3.05, 3.63) is 259 Å². The molecule has 4 aromatic heterocycles. The first kappa shape index (κ1) is 41.7. The van der Waals surface area contributed by atoms with Gasteiger partial charge in [-0.3, -0.25) is 0 Å². The van der Waals surface area contributed by atoms with Crippen LogP contribution in [0.5, 0.6) is 0 Å². The van der Waals surface area contributed by atoms with E-state index in [0.29, 0.717) is 17.5 Å². The predicted octanol–water partition coefficient (Wildman–Crippen LogP) is 18.7. The molecule has 0 saturated heterocycles. The van der Waals surface area contributed by atoms with E-state index in [-0.39, 0.29) is 0 Å². The number of benzene rings is 11. The normalized spacial score (nSPS) is 13.1. The number of hydrogen-bond acceptors (Lipinski definition) is 6. The highest BCUT2D eigenvalue weighted by Crippen LogP contribution is 2.64. The smallest absolute Gasteiger partial charge is 0.164 e. The Morgan fingerprint density at radius 2 is 0.763 bits per heavy atom. The molecule has 0 atom stereocenters. The third kappa shape index (κ3) is 5.76. The van der Waals surface area contributed by atoms with Gasteiger partial charge in [-0.15, -0.1) is 11.3 Å². The summed E-state index contributed by atoms with van der Waals surface area (Å²) in [7, 11) is 0. The van der Waals surface area contributed by atoms with Crippen LogP contribution in [-0.2, 0) is 5.41 Å². The quantitative estimate of drug-likeness (QED) is 0.172. The van der Waals surface area contributed by atoms with E-state index in [9.17, 15) is 0 Å². The molecule has 6 heteroatoms. The predicted molar refractivity (Wildman–Crippen MR) is 311 cm³/mol. The molecular weight excluding hydrogens is 947 g/mol. The largest absolute Gasteiger partial charge is 0.456 e. The standard InChI is InChI=1S/C70H39N3O2S/c1-6-22-54-45(14-1)46-15-2-7-23-55(46)70(54)56-24-8-3-17-48(56)64-44(19-11-25-57(64)70)41-32-30-40(31-33-41)42-34-36-59-53(38-42)66-51(21-13-28-61(66)75-59)69-72-67(43-35-37-63-52(39-43)47-16-5-10-29-62(47)76-63)71-68(73-69)50-20-12-27-60-65(50)49-18-4-9-26-58(49)74-60/h1-39H. The molecule has 0 unspecified atom stereocenters. The van der Waals surface area contributed by atoms with Crippen molar-refractivity contribution in [1.29, 1.82) is 0 Å². The highest BCUT2D eigenvalue weighted by Gasteiger charge is 2.52. The number of furan rings is 2. The van der Waals surface area contributed by atoms with Crippen LogP contribution < -0.4 is 0 Å². The average molecular weight is 986 g/mol. The van der Waals surface area contributed by atoms with Gasteiger partial charge < -0.3 is 8.83 Å². The summed E-state index contributed by atoms with van der Waals surface area (Å²) in [6.07, 6.45) is 0. The molecule has 15 aromatic rings. The number of fused-ring (bicyclic) bond motifs is 19. The second-order valence-electron chi connectivity index (χ2n) is 20.1. The molecular formula is C70H39N3O2S. The number of thiophene rings is 1. The van der Waals surface area contributed by atoms with E-state index >= 15 is 0 Å². The van der Waals surface area contributed by atoms with Crippen LogP contribution >= 0.6 is 11.3 Å². The Balaban J connectivity index is 0.808. The molecule has 1 spiro atoms. The summed E-state index contributed by atoms with van der Waals surface area (Å²) in [4.78, 5) is 16.0. The van der Waals surface area contributed by atoms with E-state index in [2.05, 4.69) is 194 Å².